The van der Waals surface area contributed by atoms with Gasteiger partial charge in [0, 0.05) is 18.7 Å². The molecule has 1 fully saturated rings. The molecule has 0 spiro atoms. The molecule has 4 rings (SSSR count). The van der Waals surface area contributed by atoms with Gasteiger partial charge in [0.15, 0.2) is 5.65 Å². The van der Waals surface area contributed by atoms with E-state index in [1.54, 1.807) is 16.8 Å². The van der Waals surface area contributed by atoms with Gasteiger partial charge in [0.2, 0.25) is 0 Å². The second-order valence-corrected chi connectivity index (χ2v) is 5.81. The van der Waals surface area contributed by atoms with Gasteiger partial charge in [0.1, 0.15) is 11.9 Å². The lowest BCUT2D eigenvalue weighted by atomic mass is 10.2. The molecule has 4 nitrogen and oxygen atoms in total. The third kappa shape index (κ3) is 2.06. The molecule has 0 bridgehead atoms. The highest BCUT2D eigenvalue weighted by Gasteiger charge is 2.20. The number of hydrogen-bond acceptors (Lipinski definition) is 3. The molecule has 6 heteroatoms. The number of hydrogen-bond donors (Lipinski definition) is 0. The van der Waals surface area contributed by atoms with Gasteiger partial charge in [-0.2, -0.15) is 5.10 Å². The second kappa shape index (κ2) is 4.90. The molecule has 0 amide bonds. The van der Waals surface area contributed by atoms with Crippen molar-refractivity contribution in [3.05, 3.63) is 46.7 Å². The molecule has 21 heavy (non-hydrogen) atoms. The van der Waals surface area contributed by atoms with Crippen LogP contribution in [0.2, 0.25) is 10.0 Å². The summed E-state index contributed by atoms with van der Waals surface area (Å²) in [6.07, 6.45) is 6.05. The maximum Gasteiger partial charge on any atom is 0.178 e. The molecule has 1 saturated heterocycles. The maximum atomic E-state index is 6.09. The number of halogens is 2. The van der Waals surface area contributed by atoms with Crippen molar-refractivity contribution in [3.8, 4) is 11.3 Å². The summed E-state index contributed by atoms with van der Waals surface area (Å²) in [6, 6.07) is 7.47. The molecule has 1 aliphatic rings. The number of benzene rings is 1. The lowest BCUT2D eigenvalue weighted by Gasteiger charge is -2.32. The Kier molecular flexibility index (Phi) is 3.01. The summed E-state index contributed by atoms with van der Waals surface area (Å²) >= 11 is 12.1. The van der Waals surface area contributed by atoms with Gasteiger partial charge in [-0.25, -0.2) is 9.50 Å². The Balaban J connectivity index is 1.88. The van der Waals surface area contributed by atoms with Crippen LogP contribution in [0.1, 0.15) is 6.42 Å². The maximum absolute atomic E-state index is 6.09. The molecular formula is C15H11Cl2N4. The smallest absolute Gasteiger partial charge is 0.178 e. The van der Waals surface area contributed by atoms with Crippen molar-refractivity contribution in [1.29, 1.82) is 0 Å². The van der Waals surface area contributed by atoms with Crippen molar-refractivity contribution in [3.63, 3.8) is 0 Å². The molecule has 0 N–H and O–H groups in total. The number of anilines is 1. The zero-order valence-corrected chi connectivity index (χ0v) is 12.6. The Hall–Kier alpha value is -1.78. The Bertz CT molecular complexity index is 824. The Morgan fingerprint density at radius 3 is 2.67 bits per heavy atom. The molecule has 0 saturated carbocycles. The number of rotatable bonds is 2. The van der Waals surface area contributed by atoms with Gasteiger partial charge in [0.05, 0.1) is 21.9 Å². The predicted molar refractivity (Wildman–Crippen MR) is 84.1 cm³/mol. The normalized spacial score (nSPS) is 14.5. The number of fused-ring (bicyclic) bond motifs is 1. The van der Waals surface area contributed by atoms with E-state index in [9.17, 15) is 0 Å². The molecular weight excluding hydrogens is 307 g/mol. The average Bonchev–Trinajstić information content (AvgIpc) is 2.85. The fraction of sp³-hybridized carbons (Fsp3) is 0.200. The third-order valence-electron chi connectivity index (χ3n) is 3.71. The summed E-state index contributed by atoms with van der Waals surface area (Å²) in [5.41, 5.74) is 3.59. The van der Waals surface area contributed by atoms with Crippen molar-refractivity contribution in [1.82, 2.24) is 14.6 Å². The molecule has 1 aliphatic heterocycles. The zero-order valence-electron chi connectivity index (χ0n) is 11.1. The number of nitrogens with zero attached hydrogens (tertiary/aromatic N) is 4. The van der Waals surface area contributed by atoms with Crippen LogP contribution in [0.15, 0.2) is 30.5 Å². The van der Waals surface area contributed by atoms with E-state index in [2.05, 4.69) is 21.2 Å². The second-order valence-electron chi connectivity index (χ2n) is 4.99. The third-order valence-corrected chi connectivity index (χ3v) is 4.45. The van der Waals surface area contributed by atoms with Crippen LogP contribution < -0.4 is 4.90 Å². The van der Waals surface area contributed by atoms with Crippen molar-refractivity contribution in [2.45, 2.75) is 6.42 Å². The predicted octanol–water partition coefficient (Wildman–Crippen LogP) is 3.71. The molecule has 3 aromatic rings. The van der Waals surface area contributed by atoms with Crippen LogP contribution in [-0.2, 0) is 0 Å². The summed E-state index contributed by atoms with van der Waals surface area (Å²) in [4.78, 5) is 6.70. The molecule has 105 valence electrons. The SMILES string of the molecule is Clc1ccc(-c2[c]nc3c(N4CCC4)ccnn23)cc1Cl. The van der Waals surface area contributed by atoms with Gasteiger partial charge in [-0.3, -0.25) is 0 Å². The fourth-order valence-corrected chi connectivity index (χ4v) is 2.76. The number of aromatic nitrogens is 3. The molecule has 1 aromatic carbocycles. The molecule has 0 atom stereocenters. The summed E-state index contributed by atoms with van der Waals surface area (Å²) in [6.45, 7) is 2.13. The number of imidazole rings is 1. The molecule has 3 heterocycles. The fourth-order valence-electron chi connectivity index (χ4n) is 2.46. The van der Waals surface area contributed by atoms with Crippen LogP contribution in [0.3, 0.4) is 0 Å². The van der Waals surface area contributed by atoms with Crippen molar-refractivity contribution < 1.29 is 0 Å². The monoisotopic (exact) mass is 317 g/mol. The van der Waals surface area contributed by atoms with Gasteiger partial charge in [-0.15, -0.1) is 0 Å². The minimum atomic E-state index is 0.511. The Labute approximate surface area is 131 Å². The van der Waals surface area contributed by atoms with Crippen LogP contribution in [0.4, 0.5) is 5.69 Å². The summed E-state index contributed by atoms with van der Waals surface area (Å²) in [5, 5.41) is 5.43. The Morgan fingerprint density at radius 1 is 1.10 bits per heavy atom. The van der Waals surface area contributed by atoms with E-state index in [-0.39, 0.29) is 0 Å². The van der Waals surface area contributed by atoms with Gasteiger partial charge < -0.3 is 4.90 Å². The minimum absolute atomic E-state index is 0.511. The first-order valence-corrected chi connectivity index (χ1v) is 7.45. The highest BCUT2D eigenvalue weighted by atomic mass is 35.5. The quantitative estimate of drug-likeness (QED) is 0.722. The van der Waals surface area contributed by atoms with E-state index >= 15 is 0 Å². The van der Waals surface area contributed by atoms with Crippen LogP contribution in [-0.4, -0.2) is 27.7 Å². The van der Waals surface area contributed by atoms with E-state index < -0.39 is 0 Å². The van der Waals surface area contributed by atoms with Gasteiger partial charge in [0.25, 0.3) is 0 Å². The molecule has 0 aliphatic carbocycles. The van der Waals surface area contributed by atoms with E-state index in [0.29, 0.717) is 10.0 Å². The standard InChI is InChI=1S/C15H11Cl2N4/c16-11-3-2-10(8-12(11)17)14-9-18-15-13(20-6-1-7-20)4-5-19-21(14)15/h2-5,8H,1,6-7H2. The highest BCUT2D eigenvalue weighted by molar-refractivity contribution is 6.42. The zero-order chi connectivity index (χ0) is 14.4. The minimum Gasteiger partial charge on any atom is -0.368 e. The van der Waals surface area contributed by atoms with Crippen LogP contribution in [0, 0.1) is 6.20 Å². The molecule has 1 radical (unpaired) electrons. The van der Waals surface area contributed by atoms with Crippen molar-refractivity contribution in [2.75, 3.05) is 18.0 Å². The largest absolute Gasteiger partial charge is 0.368 e. The Morgan fingerprint density at radius 2 is 1.95 bits per heavy atom. The summed E-state index contributed by atoms with van der Waals surface area (Å²) < 4.78 is 1.80. The topological polar surface area (TPSA) is 33.4 Å². The average molecular weight is 318 g/mol. The van der Waals surface area contributed by atoms with Gasteiger partial charge in [-0.05, 0) is 24.6 Å². The van der Waals surface area contributed by atoms with E-state index in [1.165, 1.54) is 6.42 Å². The lowest BCUT2D eigenvalue weighted by Crippen LogP contribution is -2.37. The van der Waals surface area contributed by atoms with E-state index in [0.717, 1.165) is 35.7 Å². The molecule has 2 aromatic heterocycles. The summed E-state index contributed by atoms with van der Waals surface area (Å²) in [5.74, 6) is 0. The van der Waals surface area contributed by atoms with Crippen LogP contribution in [0.5, 0.6) is 0 Å². The first-order chi connectivity index (χ1) is 10.2. The van der Waals surface area contributed by atoms with Gasteiger partial charge in [-0.1, -0.05) is 29.3 Å². The van der Waals surface area contributed by atoms with Crippen LogP contribution in [0.25, 0.3) is 16.9 Å². The lowest BCUT2D eigenvalue weighted by molar-refractivity contribution is 0.617. The first-order valence-electron chi connectivity index (χ1n) is 6.70. The first kappa shape index (κ1) is 12.9. The van der Waals surface area contributed by atoms with Gasteiger partial charge >= 0.3 is 0 Å². The highest BCUT2D eigenvalue weighted by Crippen LogP contribution is 2.31. The van der Waals surface area contributed by atoms with Crippen LogP contribution >= 0.6 is 23.2 Å². The summed E-state index contributed by atoms with van der Waals surface area (Å²) in [7, 11) is 0. The van der Waals surface area contributed by atoms with E-state index in [1.807, 2.05) is 18.2 Å². The van der Waals surface area contributed by atoms with Crippen molar-refractivity contribution >= 4 is 34.5 Å². The molecule has 0 unspecified atom stereocenters. The van der Waals surface area contributed by atoms with E-state index in [4.69, 9.17) is 23.2 Å². The van der Waals surface area contributed by atoms with Crippen molar-refractivity contribution in [2.24, 2.45) is 0 Å².